The molecule has 6 heteroatoms. The molecule has 0 spiro atoms. The summed E-state index contributed by atoms with van der Waals surface area (Å²) in [6.45, 7) is 3.38. The van der Waals surface area contributed by atoms with Gasteiger partial charge in [0.05, 0.1) is 17.0 Å². The van der Waals surface area contributed by atoms with Crippen LogP contribution in [0.5, 0.6) is 23.0 Å². The van der Waals surface area contributed by atoms with E-state index in [0.717, 1.165) is 18.4 Å². The zero-order valence-electron chi connectivity index (χ0n) is 10.7. The van der Waals surface area contributed by atoms with Crippen molar-refractivity contribution in [2.75, 3.05) is 0 Å². The van der Waals surface area contributed by atoms with Gasteiger partial charge in [0.15, 0.2) is 23.0 Å². The van der Waals surface area contributed by atoms with Crippen LogP contribution in [0.25, 0.3) is 21.9 Å². The fraction of sp³-hybridized carbons (Fsp3) is 0. The maximum atomic E-state index is 12.3. The monoisotopic (exact) mass is 286 g/mol. The van der Waals surface area contributed by atoms with Crippen LogP contribution in [-0.4, -0.2) is 15.3 Å². The molecule has 0 atom stereocenters. The van der Waals surface area contributed by atoms with E-state index in [2.05, 4.69) is 6.58 Å². The lowest BCUT2D eigenvalue weighted by Crippen LogP contribution is -2.02. The van der Waals surface area contributed by atoms with Gasteiger partial charge in [-0.3, -0.25) is 4.79 Å². The molecule has 21 heavy (non-hydrogen) atoms. The second-order valence-corrected chi connectivity index (χ2v) is 4.37. The molecular formula is C15H10O6. The van der Waals surface area contributed by atoms with E-state index < -0.39 is 16.9 Å². The fourth-order valence-corrected chi connectivity index (χ4v) is 2.08. The third kappa shape index (κ3) is 1.93. The van der Waals surface area contributed by atoms with Gasteiger partial charge in [-0.25, -0.2) is 0 Å². The molecule has 0 aliphatic heterocycles. The maximum absolute atomic E-state index is 12.3. The Morgan fingerprint density at radius 3 is 2.19 bits per heavy atom. The topological polar surface area (TPSA) is 100 Å². The zero-order valence-corrected chi connectivity index (χ0v) is 10.7. The van der Waals surface area contributed by atoms with Gasteiger partial charge in [-0.2, -0.15) is 0 Å². The maximum Gasteiger partial charge on any atom is 0.200 e. The van der Waals surface area contributed by atoms with E-state index in [1.807, 2.05) is 0 Å². The van der Waals surface area contributed by atoms with Gasteiger partial charge < -0.3 is 24.5 Å². The second-order valence-electron chi connectivity index (χ2n) is 4.37. The highest BCUT2D eigenvalue weighted by atomic mass is 16.5. The van der Waals surface area contributed by atoms with Crippen molar-refractivity contribution in [3.05, 3.63) is 47.3 Å². The Balaban J connectivity index is 2.44. The van der Waals surface area contributed by atoms with E-state index >= 15 is 0 Å². The largest absolute Gasteiger partial charge is 0.504 e. The molecule has 0 aliphatic rings. The highest BCUT2D eigenvalue weighted by molar-refractivity contribution is 5.92. The van der Waals surface area contributed by atoms with Crippen molar-refractivity contribution in [1.29, 1.82) is 0 Å². The third-order valence-corrected chi connectivity index (χ3v) is 3.06. The van der Waals surface area contributed by atoms with Crippen LogP contribution >= 0.6 is 0 Å². The summed E-state index contributed by atoms with van der Waals surface area (Å²) >= 11 is 0. The van der Waals surface area contributed by atoms with E-state index in [0.29, 0.717) is 0 Å². The Kier molecular flexibility index (Phi) is 2.72. The molecule has 1 heterocycles. The van der Waals surface area contributed by atoms with E-state index in [-0.39, 0.29) is 33.4 Å². The van der Waals surface area contributed by atoms with Gasteiger partial charge in [0.25, 0.3) is 0 Å². The van der Waals surface area contributed by atoms with Crippen LogP contribution in [0.4, 0.5) is 0 Å². The summed E-state index contributed by atoms with van der Waals surface area (Å²) in [6.07, 6.45) is 1.13. The normalized spacial score (nSPS) is 10.9. The van der Waals surface area contributed by atoms with Crippen molar-refractivity contribution >= 4 is 21.9 Å². The van der Waals surface area contributed by atoms with Gasteiger partial charge in [0.1, 0.15) is 11.2 Å². The molecule has 0 saturated heterocycles. The number of rotatable bonds is 2. The summed E-state index contributed by atoms with van der Waals surface area (Å²) < 4.78 is 10.5. The number of phenols is 3. The Bertz CT molecular complexity index is 938. The van der Waals surface area contributed by atoms with Crippen LogP contribution in [0.1, 0.15) is 0 Å². The molecule has 3 aromatic rings. The first kappa shape index (κ1) is 12.9. The number of aromatic hydroxyl groups is 3. The summed E-state index contributed by atoms with van der Waals surface area (Å²) in [5, 5.41) is 29.0. The lowest BCUT2D eigenvalue weighted by molar-refractivity contribution is 0.403. The van der Waals surface area contributed by atoms with Crippen molar-refractivity contribution in [1.82, 2.24) is 0 Å². The first-order chi connectivity index (χ1) is 10.0. The van der Waals surface area contributed by atoms with Crippen LogP contribution in [0.15, 0.2) is 46.3 Å². The first-order valence-electron chi connectivity index (χ1n) is 5.94. The third-order valence-electron chi connectivity index (χ3n) is 3.06. The quantitative estimate of drug-likeness (QED) is 0.380. The molecule has 0 aliphatic carbocycles. The summed E-state index contributed by atoms with van der Waals surface area (Å²) in [4.78, 5) is 12.3. The predicted molar refractivity (Wildman–Crippen MR) is 75.8 cm³/mol. The van der Waals surface area contributed by atoms with Gasteiger partial charge in [-0.1, -0.05) is 6.58 Å². The molecule has 106 valence electrons. The highest BCUT2D eigenvalue weighted by Gasteiger charge is 2.14. The number of hydrogen-bond acceptors (Lipinski definition) is 6. The Morgan fingerprint density at radius 1 is 0.952 bits per heavy atom. The summed E-state index contributed by atoms with van der Waals surface area (Å²) in [5.41, 5.74) is -0.160. The zero-order chi connectivity index (χ0) is 15.1. The summed E-state index contributed by atoms with van der Waals surface area (Å²) in [7, 11) is 0. The molecule has 0 bridgehead atoms. The molecule has 3 N–H and O–H groups in total. The smallest absolute Gasteiger partial charge is 0.200 e. The van der Waals surface area contributed by atoms with Crippen molar-refractivity contribution in [3.8, 4) is 23.0 Å². The lowest BCUT2D eigenvalue weighted by Gasteiger charge is -2.07. The molecule has 1 aromatic heterocycles. The van der Waals surface area contributed by atoms with Gasteiger partial charge in [-0.05, 0) is 12.1 Å². The standard InChI is InChI=1S/C15H10O6/c1-2-20-14-6-13-8(4-11(14)18)15(19)7-3-9(16)10(17)5-12(7)21-13/h2-6,16-18H,1H2. The molecule has 0 radical (unpaired) electrons. The average molecular weight is 286 g/mol. The summed E-state index contributed by atoms with van der Waals surface area (Å²) in [5.74, 6) is -0.976. The molecule has 2 aromatic carbocycles. The molecule has 3 rings (SSSR count). The summed E-state index contributed by atoms with van der Waals surface area (Å²) in [6, 6.07) is 4.81. The van der Waals surface area contributed by atoms with E-state index in [1.54, 1.807) is 0 Å². The van der Waals surface area contributed by atoms with Crippen LogP contribution in [0, 0.1) is 0 Å². The SMILES string of the molecule is C=COc1cc2oc3cc(O)c(O)cc3c(=O)c2cc1O. The minimum Gasteiger partial charge on any atom is -0.504 e. The minimum atomic E-state index is -0.443. The first-order valence-corrected chi connectivity index (χ1v) is 5.94. The highest BCUT2D eigenvalue weighted by Crippen LogP contribution is 2.34. The van der Waals surface area contributed by atoms with E-state index in [4.69, 9.17) is 9.15 Å². The fourth-order valence-electron chi connectivity index (χ4n) is 2.08. The average Bonchev–Trinajstić information content (AvgIpc) is 2.44. The van der Waals surface area contributed by atoms with Crippen molar-refractivity contribution < 1.29 is 24.5 Å². The van der Waals surface area contributed by atoms with Gasteiger partial charge in [0.2, 0.25) is 5.43 Å². The molecule has 0 amide bonds. The molecule has 0 unspecified atom stereocenters. The lowest BCUT2D eigenvalue weighted by atomic mass is 10.1. The molecule has 0 fully saturated rings. The van der Waals surface area contributed by atoms with Crippen molar-refractivity contribution in [2.24, 2.45) is 0 Å². The number of phenolic OH excluding ortho intramolecular Hbond substituents is 3. The van der Waals surface area contributed by atoms with Gasteiger partial charge >= 0.3 is 0 Å². The number of fused-ring (bicyclic) bond motifs is 2. The number of ether oxygens (including phenoxy) is 1. The van der Waals surface area contributed by atoms with Crippen LogP contribution < -0.4 is 10.2 Å². The number of hydrogen-bond donors (Lipinski definition) is 3. The Labute approximate surface area is 117 Å². The molecule has 0 saturated carbocycles. The number of benzene rings is 2. The minimum absolute atomic E-state index is 0.0861. The van der Waals surface area contributed by atoms with Crippen LogP contribution in [0.2, 0.25) is 0 Å². The van der Waals surface area contributed by atoms with Crippen LogP contribution in [0.3, 0.4) is 0 Å². The second kappa shape index (κ2) is 4.45. The van der Waals surface area contributed by atoms with Gasteiger partial charge in [0, 0.05) is 12.1 Å². The van der Waals surface area contributed by atoms with Gasteiger partial charge in [-0.15, -0.1) is 0 Å². The van der Waals surface area contributed by atoms with Crippen LogP contribution in [-0.2, 0) is 0 Å². The Hall–Kier alpha value is -3.15. The Morgan fingerprint density at radius 2 is 1.52 bits per heavy atom. The van der Waals surface area contributed by atoms with E-state index in [1.165, 1.54) is 12.1 Å². The molecule has 6 nitrogen and oxygen atoms in total. The predicted octanol–water partition coefficient (Wildman–Crippen LogP) is 2.59. The molecular weight excluding hydrogens is 276 g/mol. The van der Waals surface area contributed by atoms with E-state index in [9.17, 15) is 20.1 Å². The van der Waals surface area contributed by atoms with Crippen molar-refractivity contribution in [2.45, 2.75) is 0 Å². The van der Waals surface area contributed by atoms with Crippen molar-refractivity contribution in [3.63, 3.8) is 0 Å².